The van der Waals surface area contributed by atoms with Crippen LogP contribution in [0.1, 0.15) is 20.8 Å². The Balaban J connectivity index is 0.00000169. The van der Waals surface area contributed by atoms with E-state index in [9.17, 15) is 0 Å². The van der Waals surface area contributed by atoms with Gasteiger partial charge in [0.15, 0.2) is 0 Å². The van der Waals surface area contributed by atoms with Gasteiger partial charge in [-0.05, 0) is 32.9 Å². The first kappa shape index (κ1) is 13.5. The number of quaternary nitrogens is 1. The lowest BCUT2D eigenvalue weighted by Gasteiger charge is -2.41. The van der Waals surface area contributed by atoms with E-state index in [-0.39, 0.29) is 17.9 Å². The Bertz CT molecular complexity index is 272. The molecule has 2 heteroatoms. The summed E-state index contributed by atoms with van der Waals surface area (Å²) in [6.45, 7) is 6.79. The molecule has 0 atom stereocenters. The Morgan fingerprint density at radius 1 is 0.929 bits per heavy atom. The van der Waals surface area contributed by atoms with E-state index in [1.807, 2.05) is 0 Å². The molecule has 0 unspecified atom stereocenters. The van der Waals surface area contributed by atoms with Crippen LogP contribution in [-0.2, 0) is 0 Å². The zero-order valence-electron chi connectivity index (χ0n) is 9.71. The third-order valence-corrected chi connectivity index (χ3v) is 3.08. The Morgan fingerprint density at radius 3 is 1.71 bits per heavy atom. The molecular formula is C12H20ClN. The molecule has 1 nitrogen and oxygen atoms in total. The van der Waals surface area contributed by atoms with Gasteiger partial charge < -0.3 is 12.4 Å². The van der Waals surface area contributed by atoms with Crippen LogP contribution in [0.5, 0.6) is 0 Å². The van der Waals surface area contributed by atoms with Crippen molar-refractivity contribution in [2.45, 2.75) is 26.3 Å². The molecule has 0 aliphatic carbocycles. The van der Waals surface area contributed by atoms with Crippen molar-refractivity contribution in [2.75, 3.05) is 14.1 Å². The molecule has 0 bridgehead atoms. The number of para-hydroxylation sites is 1. The third kappa shape index (κ3) is 2.49. The first-order valence-electron chi connectivity index (χ1n) is 4.75. The van der Waals surface area contributed by atoms with E-state index in [1.165, 1.54) is 5.69 Å². The fourth-order valence-corrected chi connectivity index (χ4v) is 1.19. The molecule has 0 heterocycles. The molecule has 0 spiro atoms. The summed E-state index contributed by atoms with van der Waals surface area (Å²) < 4.78 is 0.911. The van der Waals surface area contributed by atoms with Gasteiger partial charge in [-0.25, -0.2) is 0 Å². The van der Waals surface area contributed by atoms with Crippen molar-refractivity contribution in [2.24, 2.45) is 0 Å². The normalized spacial score (nSPS) is 12.1. The van der Waals surface area contributed by atoms with Gasteiger partial charge in [-0.3, -0.25) is 4.48 Å². The molecule has 0 amide bonds. The van der Waals surface area contributed by atoms with Crippen LogP contribution in [0.25, 0.3) is 0 Å². The van der Waals surface area contributed by atoms with E-state index >= 15 is 0 Å². The van der Waals surface area contributed by atoms with Crippen LogP contribution >= 0.6 is 0 Å². The van der Waals surface area contributed by atoms with Crippen molar-refractivity contribution in [1.29, 1.82) is 0 Å². The van der Waals surface area contributed by atoms with Crippen molar-refractivity contribution in [3.63, 3.8) is 0 Å². The molecular weight excluding hydrogens is 194 g/mol. The predicted octanol–water partition coefficient (Wildman–Crippen LogP) is 0.0560. The van der Waals surface area contributed by atoms with Crippen LogP contribution in [0.3, 0.4) is 0 Å². The standard InChI is InChI=1S/C12H20N.ClH/c1-12(2,3)13(4,5)11-9-7-6-8-10-11;/h6-10H,1-5H3;1H/q+1;/p-1. The quantitative estimate of drug-likeness (QED) is 0.579. The maximum Gasteiger partial charge on any atom is 0.132 e. The largest absolute Gasteiger partial charge is 1.00 e. The lowest BCUT2D eigenvalue weighted by Crippen LogP contribution is -3.00. The van der Waals surface area contributed by atoms with Gasteiger partial charge in [-0.15, -0.1) is 0 Å². The minimum Gasteiger partial charge on any atom is -1.00 e. The first-order valence-corrected chi connectivity index (χ1v) is 4.75. The molecule has 1 aromatic carbocycles. The summed E-state index contributed by atoms with van der Waals surface area (Å²) in [7, 11) is 4.49. The minimum absolute atomic E-state index is 0. The van der Waals surface area contributed by atoms with Gasteiger partial charge in [0, 0.05) is 0 Å². The zero-order chi connectivity index (χ0) is 10.1. The van der Waals surface area contributed by atoms with E-state index < -0.39 is 0 Å². The summed E-state index contributed by atoms with van der Waals surface area (Å²) in [6, 6.07) is 10.6. The summed E-state index contributed by atoms with van der Waals surface area (Å²) in [5.41, 5.74) is 1.59. The van der Waals surface area contributed by atoms with Gasteiger partial charge in [0.1, 0.15) is 5.69 Å². The molecule has 80 valence electrons. The molecule has 0 aliphatic heterocycles. The second-order valence-corrected chi connectivity index (χ2v) is 4.96. The average Bonchev–Trinajstić information content (AvgIpc) is 2.04. The molecule has 0 aliphatic rings. The smallest absolute Gasteiger partial charge is 0.132 e. The lowest BCUT2D eigenvalue weighted by atomic mass is 10.0. The monoisotopic (exact) mass is 213 g/mol. The Morgan fingerprint density at radius 2 is 1.36 bits per heavy atom. The zero-order valence-corrected chi connectivity index (χ0v) is 10.5. The second kappa shape index (κ2) is 4.33. The highest BCUT2D eigenvalue weighted by molar-refractivity contribution is 5.42. The number of benzene rings is 1. The maximum atomic E-state index is 2.26. The summed E-state index contributed by atoms with van der Waals surface area (Å²) >= 11 is 0. The SMILES string of the molecule is CC(C)(C)[N+](C)(C)c1ccccc1.[Cl-]. The first-order chi connectivity index (χ1) is 5.86. The molecule has 0 saturated heterocycles. The van der Waals surface area contributed by atoms with Gasteiger partial charge in [0.05, 0.1) is 19.6 Å². The average molecular weight is 214 g/mol. The highest BCUT2D eigenvalue weighted by Gasteiger charge is 2.33. The molecule has 1 aromatic rings. The number of hydrogen-bond donors (Lipinski definition) is 0. The molecule has 0 radical (unpaired) electrons. The topological polar surface area (TPSA) is 0 Å². The number of halogens is 1. The van der Waals surface area contributed by atoms with Crippen LogP contribution in [0.15, 0.2) is 30.3 Å². The summed E-state index contributed by atoms with van der Waals surface area (Å²) in [6.07, 6.45) is 0. The van der Waals surface area contributed by atoms with E-state index in [2.05, 4.69) is 65.2 Å². The minimum atomic E-state index is 0. The van der Waals surface area contributed by atoms with Gasteiger partial charge >= 0.3 is 0 Å². The Labute approximate surface area is 93.7 Å². The van der Waals surface area contributed by atoms with Gasteiger partial charge in [-0.1, -0.05) is 18.2 Å². The second-order valence-electron chi connectivity index (χ2n) is 4.96. The molecule has 14 heavy (non-hydrogen) atoms. The van der Waals surface area contributed by atoms with Crippen LogP contribution in [0, 0.1) is 0 Å². The number of rotatable bonds is 1. The highest BCUT2D eigenvalue weighted by atomic mass is 35.5. The van der Waals surface area contributed by atoms with Gasteiger partial charge in [0.2, 0.25) is 0 Å². The van der Waals surface area contributed by atoms with Gasteiger partial charge in [0.25, 0.3) is 0 Å². The molecule has 0 fully saturated rings. The predicted molar refractivity (Wildman–Crippen MR) is 59.8 cm³/mol. The fraction of sp³-hybridized carbons (Fsp3) is 0.500. The van der Waals surface area contributed by atoms with Crippen LogP contribution < -0.4 is 16.9 Å². The summed E-state index contributed by atoms with van der Waals surface area (Å²) in [5, 5.41) is 0. The maximum absolute atomic E-state index is 2.26. The molecule has 1 rings (SSSR count). The Hall–Kier alpha value is -0.530. The van der Waals surface area contributed by atoms with E-state index in [1.54, 1.807) is 0 Å². The van der Waals surface area contributed by atoms with Crippen molar-refractivity contribution in [3.05, 3.63) is 30.3 Å². The van der Waals surface area contributed by atoms with E-state index in [4.69, 9.17) is 0 Å². The van der Waals surface area contributed by atoms with Crippen molar-refractivity contribution in [3.8, 4) is 0 Å². The van der Waals surface area contributed by atoms with Crippen LogP contribution in [0.4, 0.5) is 5.69 Å². The van der Waals surface area contributed by atoms with E-state index in [0.717, 1.165) is 4.48 Å². The molecule has 0 N–H and O–H groups in total. The summed E-state index contributed by atoms with van der Waals surface area (Å²) in [4.78, 5) is 0. The number of nitrogens with zero attached hydrogens (tertiary/aromatic N) is 1. The van der Waals surface area contributed by atoms with Crippen molar-refractivity contribution < 1.29 is 12.4 Å². The molecule has 0 saturated carbocycles. The lowest BCUT2D eigenvalue weighted by molar-refractivity contribution is -0.00000324. The van der Waals surface area contributed by atoms with Crippen molar-refractivity contribution in [1.82, 2.24) is 4.48 Å². The highest BCUT2D eigenvalue weighted by Crippen LogP contribution is 2.28. The van der Waals surface area contributed by atoms with E-state index in [0.29, 0.717) is 0 Å². The third-order valence-electron chi connectivity index (χ3n) is 3.08. The Kier molecular flexibility index (Phi) is 4.16. The van der Waals surface area contributed by atoms with Crippen molar-refractivity contribution >= 4 is 5.69 Å². The van der Waals surface area contributed by atoms with Crippen LogP contribution in [-0.4, -0.2) is 19.6 Å². The molecule has 0 aromatic heterocycles. The number of hydrogen-bond acceptors (Lipinski definition) is 0. The van der Waals surface area contributed by atoms with Crippen LogP contribution in [0.2, 0.25) is 0 Å². The van der Waals surface area contributed by atoms with Gasteiger partial charge in [-0.2, -0.15) is 0 Å². The summed E-state index contributed by atoms with van der Waals surface area (Å²) in [5.74, 6) is 0. The fourth-order valence-electron chi connectivity index (χ4n) is 1.19.